The van der Waals surface area contributed by atoms with Gasteiger partial charge in [-0.25, -0.2) is 4.39 Å². The van der Waals surface area contributed by atoms with Crippen LogP contribution in [0, 0.1) is 12.7 Å². The van der Waals surface area contributed by atoms with Crippen molar-refractivity contribution in [2.75, 3.05) is 5.32 Å². The number of aromatic hydroxyl groups is 1. The summed E-state index contributed by atoms with van der Waals surface area (Å²) < 4.78 is 57.3. The van der Waals surface area contributed by atoms with Crippen molar-refractivity contribution in [2.45, 2.75) is 50.4 Å². The fourth-order valence-corrected chi connectivity index (χ4v) is 4.62. The minimum absolute atomic E-state index is 0.0601. The Kier molecular flexibility index (Phi) is 5.20. The zero-order valence-electron chi connectivity index (χ0n) is 17.3. The number of nitrogens with one attached hydrogen (secondary N) is 2. The number of hydrogen-bond donors (Lipinski definition) is 4. The Morgan fingerprint density at radius 3 is 2.62 bits per heavy atom. The Bertz CT molecular complexity index is 1250. The molecule has 3 atom stereocenters. The molecule has 1 aliphatic rings. The second-order valence-electron chi connectivity index (χ2n) is 8.22. The van der Waals surface area contributed by atoms with E-state index in [4.69, 9.17) is 0 Å². The van der Waals surface area contributed by atoms with Crippen LogP contribution in [0.2, 0.25) is 0 Å². The van der Waals surface area contributed by atoms with Gasteiger partial charge in [0.2, 0.25) is 0 Å². The van der Waals surface area contributed by atoms with E-state index >= 15 is 0 Å². The first-order valence-corrected chi connectivity index (χ1v) is 10.2. The molecule has 5 nitrogen and oxygen atoms in total. The van der Waals surface area contributed by atoms with Crippen LogP contribution in [0.3, 0.4) is 0 Å². The lowest BCUT2D eigenvalue weighted by Crippen LogP contribution is -2.55. The number of aromatic nitrogens is 1. The van der Waals surface area contributed by atoms with Crippen molar-refractivity contribution < 1.29 is 27.8 Å². The third kappa shape index (κ3) is 3.23. The number of benzene rings is 2. The number of rotatable bonds is 3. The highest BCUT2D eigenvalue weighted by Gasteiger charge is 2.62. The zero-order valence-corrected chi connectivity index (χ0v) is 17.3. The van der Waals surface area contributed by atoms with Crippen molar-refractivity contribution in [2.24, 2.45) is 0 Å². The summed E-state index contributed by atoms with van der Waals surface area (Å²) in [5, 5.41) is 24.9. The van der Waals surface area contributed by atoms with Crippen LogP contribution < -0.4 is 10.9 Å². The number of phenols is 1. The van der Waals surface area contributed by atoms with Gasteiger partial charge in [-0.05, 0) is 55.5 Å². The van der Waals surface area contributed by atoms with E-state index in [2.05, 4.69) is 10.3 Å². The smallest absolute Gasteiger partial charge is 0.419 e. The van der Waals surface area contributed by atoms with Crippen molar-refractivity contribution in [1.82, 2.24) is 4.98 Å². The summed E-state index contributed by atoms with van der Waals surface area (Å²) in [6.07, 6.45) is -4.18. The lowest BCUT2D eigenvalue weighted by molar-refractivity contribution is -0.272. The molecule has 1 aliphatic carbocycles. The summed E-state index contributed by atoms with van der Waals surface area (Å²) >= 11 is 0. The maximum absolute atomic E-state index is 14.6. The molecule has 1 aromatic heterocycles. The number of aromatic amines is 1. The second-order valence-corrected chi connectivity index (χ2v) is 8.22. The standard InChI is InChI=1S/C23H22F4N2O3/c1-3-12-10-22(32,23(25,26)27)20(15-9-16(24)11(2)19(30)18(12)15)29-17-6-4-5-14-13(17)7-8-28-21(14)31/h4-9,12,20,29-30,32H,3,10H2,1-2H3,(H,28,31)/t12-,20?,22-/m1/s1. The number of anilines is 1. The van der Waals surface area contributed by atoms with E-state index in [1.54, 1.807) is 6.92 Å². The fourth-order valence-electron chi connectivity index (χ4n) is 4.62. The molecule has 0 radical (unpaired) electrons. The van der Waals surface area contributed by atoms with Gasteiger partial charge < -0.3 is 20.5 Å². The van der Waals surface area contributed by atoms with Gasteiger partial charge in [-0.1, -0.05) is 13.0 Å². The number of aliphatic hydroxyl groups is 1. The lowest BCUT2D eigenvalue weighted by atomic mass is 9.68. The van der Waals surface area contributed by atoms with Crippen molar-refractivity contribution in [3.8, 4) is 5.75 Å². The molecule has 2 aromatic carbocycles. The normalized spacial score (nSPS) is 23.2. The molecule has 0 saturated heterocycles. The average Bonchev–Trinajstić information content (AvgIpc) is 2.73. The molecule has 4 N–H and O–H groups in total. The minimum atomic E-state index is -5.05. The lowest BCUT2D eigenvalue weighted by Gasteiger charge is -2.46. The van der Waals surface area contributed by atoms with Gasteiger partial charge in [0.1, 0.15) is 11.6 Å². The van der Waals surface area contributed by atoms with E-state index in [-0.39, 0.29) is 34.2 Å². The summed E-state index contributed by atoms with van der Waals surface area (Å²) in [4.78, 5) is 14.6. The van der Waals surface area contributed by atoms with E-state index in [0.717, 1.165) is 6.07 Å². The van der Waals surface area contributed by atoms with Gasteiger partial charge in [-0.15, -0.1) is 0 Å². The monoisotopic (exact) mass is 450 g/mol. The third-order valence-electron chi connectivity index (χ3n) is 6.41. The highest BCUT2D eigenvalue weighted by atomic mass is 19.4. The molecular weight excluding hydrogens is 428 g/mol. The largest absolute Gasteiger partial charge is 0.507 e. The number of fused-ring (bicyclic) bond motifs is 2. The third-order valence-corrected chi connectivity index (χ3v) is 6.41. The SMILES string of the molecule is CC[C@@H]1C[C@](O)(C(F)(F)F)C(Nc2cccc3c(=O)[nH]ccc23)c2cc(F)c(C)c(O)c21. The summed E-state index contributed by atoms with van der Waals surface area (Å²) in [6.45, 7) is 3.00. The van der Waals surface area contributed by atoms with Gasteiger partial charge in [0.05, 0.1) is 6.04 Å². The molecule has 0 aliphatic heterocycles. The van der Waals surface area contributed by atoms with Crippen LogP contribution in [-0.2, 0) is 0 Å². The second kappa shape index (κ2) is 7.51. The number of pyridine rings is 1. The first-order valence-electron chi connectivity index (χ1n) is 10.2. The van der Waals surface area contributed by atoms with Gasteiger partial charge >= 0.3 is 6.18 Å². The molecule has 0 bridgehead atoms. The first-order chi connectivity index (χ1) is 15.0. The Hall–Kier alpha value is -3.07. The Morgan fingerprint density at radius 1 is 1.25 bits per heavy atom. The van der Waals surface area contributed by atoms with E-state index in [9.17, 15) is 32.6 Å². The Morgan fingerprint density at radius 2 is 1.97 bits per heavy atom. The molecule has 1 unspecified atom stereocenters. The predicted molar refractivity (Wildman–Crippen MR) is 112 cm³/mol. The van der Waals surface area contributed by atoms with E-state index in [0.29, 0.717) is 5.39 Å². The summed E-state index contributed by atoms with van der Waals surface area (Å²) in [6, 6.07) is 5.15. The van der Waals surface area contributed by atoms with Crippen molar-refractivity contribution in [3.05, 3.63) is 69.4 Å². The molecular formula is C23H22F4N2O3. The number of alkyl halides is 3. The van der Waals surface area contributed by atoms with Crippen LogP contribution in [0.4, 0.5) is 23.2 Å². The molecule has 3 aromatic rings. The average molecular weight is 450 g/mol. The number of halogens is 4. The Balaban J connectivity index is 1.98. The van der Waals surface area contributed by atoms with E-state index in [1.165, 1.54) is 37.4 Å². The fraction of sp³-hybridized carbons (Fsp3) is 0.348. The topological polar surface area (TPSA) is 85.4 Å². The van der Waals surface area contributed by atoms with Crippen LogP contribution in [0.5, 0.6) is 5.75 Å². The number of H-pyrrole nitrogens is 1. The van der Waals surface area contributed by atoms with Gasteiger partial charge in [0.15, 0.2) is 5.60 Å². The van der Waals surface area contributed by atoms with Gasteiger partial charge in [0, 0.05) is 33.8 Å². The highest BCUT2D eigenvalue weighted by Crippen LogP contribution is 2.55. The van der Waals surface area contributed by atoms with E-state index in [1.807, 2.05) is 0 Å². The maximum atomic E-state index is 14.6. The summed E-state index contributed by atoms with van der Waals surface area (Å²) in [5.41, 5.74) is -3.52. The molecule has 170 valence electrons. The summed E-state index contributed by atoms with van der Waals surface area (Å²) in [7, 11) is 0. The molecule has 4 rings (SSSR count). The van der Waals surface area contributed by atoms with Crippen LogP contribution in [0.25, 0.3) is 10.8 Å². The molecule has 0 saturated carbocycles. The molecule has 0 spiro atoms. The van der Waals surface area contributed by atoms with Crippen molar-refractivity contribution in [1.29, 1.82) is 0 Å². The van der Waals surface area contributed by atoms with Gasteiger partial charge in [-0.3, -0.25) is 4.79 Å². The van der Waals surface area contributed by atoms with Crippen LogP contribution in [0.1, 0.15) is 48.4 Å². The molecule has 0 fully saturated rings. The molecule has 1 heterocycles. The number of hydrogen-bond acceptors (Lipinski definition) is 4. The first kappa shape index (κ1) is 22.1. The van der Waals surface area contributed by atoms with Gasteiger partial charge in [-0.2, -0.15) is 13.2 Å². The zero-order chi connectivity index (χ0) is 23.4. The van der Waals surface area contributed by atoms with Crippen LogP contribution in [0.15, 0.2) is 41.3 Å². The minimum Gasteiger partial charge on any atom is -0.507 e. The van der Waals surface area contributed by atoms with Gasteiger partial charge in [0.25, 0.3) is 5.56 Å². The van der Waals surface area contributed by atoms with Crippen LogP contribution in [-0.4, -0.2) is 27.0 Å². The van der Waals surface area contributed by atoms with Crippen molar-refractivity contribution in [3.63, 3.8) is 0 Å². The highest BCUT2D eigenvalue weighted by molar-refractivity contribution is 5.93. The molecule has 9 heteroatoms. The molecule has 32 heavy (non-hydrogen) atoms. The number of phenolic OH excluding ortho intramolecular Hbond substituents is 1. The van der Waals surface area contributed by atoms with Crippen LogP contribution >= 0.6 is 0 Å². The quantitative estimate of drug-likeness (QED) is 0.422. The Labute approximate surface area is 180 Å². The van der Waals surface area contributed by atoms with E-state index < -0.39 is 47.3 Å². The predicted octanol–water partition coefficient (Wildman–Crippen LogP) is 5.03. The van der Waals surface area contributed by atoms with Crippen molar-refractivity contribution >= 4 is 16.5 Å². The maximum Gasteiger partial charge on any atom is 0.419 e. The molecule has 0 amide bonds. The summed E-state index contributed by atoms with van der Waals surface area (Å²) in [5.74, 6) is -2.11.